The van der Waals surface area contributed by atoms with E-state index in [1.807, 2.05) is 0 Å². The summed E-state index contributed by atoms with van der Waals surface area (Å²) in [5.74, 6) is 0. The van der Waals surface area contributed by atoms with E-state index in [1.54, 1.807) is 0 Å². The lowest BCUT2D eigenvalue weighted by Gasteiger charge is -2.38. The Morgan fingerprint density at radius 2 is 1.18 bits per heavy atom. The number of hydrogen-bond donors (Lipinski definition) is 4. The van der Waals surface area contributed by atoms with E-state index in [9.17, 15) is 0 Å². The Balaban J connectivity index is 1.39. The average Bonchev–Trinajstić information content (AvgIpc) is 3.02. The van der Waals surface area contributed by atoms with Crippen molar-refractivity contribution in [3.63, 3.8) is 0 Å². The van der Waals surface area contributed by atoms with Crippen LogP contribution in [0.25, 0.3) is 0 Å². The van der Waals surface area contributed by atoms with Gasteiger partial charge in [0.25, 0.3) is 0 Å². The molecule has 4 fully saturated rings. The molecule has 0 radical (unpaired) electrons. The Morgan fingerprint density at radius 3 is 1.88 bits per heavy atom. The zero-order chi connectivity index (χ0) is 11.2. The van der Waals surface area contributed by atoms with Crippen molar-refractivity contribution in [3.8, 4) is 0 Å². The third kappa shape index (κ3) is 1.82. The van der Waals surface area contributed by atoms with Crippen molar-refractivity contribution >= 4 is 0 Å². The molecular formula is C13H24N4. The highest BCUT2D eigenvalue weighted by atomic mass is 15.3. The number of hydrogen-bond acceptors (Lipinski definition) is 4. The summed E-state index contributed by atoms with van der Waals surface area (Å²) in [4.78, 5) is 0. The van der Waals surface area contributed by atoms with Crippen molar-refractivity contribution in [1.82, 2.24) is 21.3 Å². The molecule has 2 saturated carbocycles. The van der Waals surface area contributed by atoms with Gasteiger partial charge in [0.1, 0.15) is 0 Å². The van der Waals surface area contributed by atoms with Crippen LogP contribution in [0.5, 0.6) is 0 Å². The summed E-state index contributed by atoms with van der Waals surface area (Å²) in [5.41, 5.74) is 0. The van der Waals surface area contributed by atoms with E-state index in [2.05, 4.69) is 21.3 Å². The molecule has 4 nitrogen and oxygen atoms in total. The smallest absolute Gasteiger partial charge is 0.0748 e. The first-order valence-corrected chi connectivity index (χ1v) is 7.42. The highest BCUT2D eigenvalue weighted by Crippen LogP contribution is 2.27. The maximum atomic E-state index is 3.86. The van der Waals surface area contributed by atoms with E-state index in [0.717, 1.165) is 30.7 Å². The standard InChI is InChI=1S/C13H24N4/c1-3-8-9(4-1)15-12(7-14-8)13-16-10-5-2-6-11(10)17-13/h8-17H,1-7H2. The van der Waals surface area contributed by atoms with Gasteiger partial charge in [-0.3, -0.25) is 10.6 Å². The van der Waals surface area contributed by atoms with Crippen molar-refractivity contribution in [2.45, 2.75) is 74.9 Å². The molecule has 0 bridgehead atoms. The fourth-order valence-corrected chi connectivity index (χ4v) is 4.33. The largest absolute Gasteiger partial charge is 0.311 e. The molecule has 4 heteroatoms. The minimum Gasteiger partial charge on any atom is -0.311 e. The average molecular weight is 236 g/mol. The quantitative estimate of drug-likeness (QED) is 0.514. The Hall–Kier alpha value is -0.160. The maximum absolute atomic E-state index is 3.86. The predicted molar refractivity (Wildman–Crippen MR) is 67.8 cm³/mol. The molecule has 2 heterocycles. The van der Waals surface area contributed by atoms with Crippen molar-refractivity contribution in [2.75, 3.05) is 6.54 Å². The first-order valence-electron chi connectivity index (χ1n) is 7.42. The first-order chi connectivity index (χ1) is 8.40. The van der Waals surface area contributed by atoms with Gasteiger partial charge in [0.15, 0.2) is 0 Å². The van der Waals surface area contributed by atoms with Crippen LogP contribution in [-0.2, 0) is 0 Å². The van der Waals surface area contributed by atoms with Crippen LogP contribution in [0.3, 0.4) is 0 Å². The van der Waals surface area contributed by atoms with Gasteiger partial charge in [-0.05, 0) is 25.7 Å². The number of rotatable bonds is 1. The zero-order valence-corrected chi connectivity index (χ0v) is 10.4. The minimum absolute atomic E-state index is 0.486. The molecule has 5 atom stereocenters. The van der Waals surface area contributed by atoms with E-state index < -0.39 is 0 Å². The monoisotopic (exact) mass is 236 g/mol. The van der Waals surface area contributed by atoms with Gasteiger partial charge in [0.2, 0.25) is 0 Å². The van der Waals surface area contributed by atoms with Gasteiger partial charge in [-0.2, -0.15) is 0 Å². The minimum atomic E-state index is 0.486. The van der Waals surface area contributed by atoms with E-state index >= 15 is 0 Å². The Bertz CT molecular complexity index is 283. The predicted octanol–water partition coefficient (Wildman–Crippen LogP) is -0.0911. The van der Waals surface area contributed by atoms with E-state index in [-0.39, 0.29) is 0 Å². The van der Waals surface area contributed by atoms with Crippen LogP contribution >= 0.6 is 0 Å². The Labute approximate surface area is 103 Å². The van der Waals surface area contributed by atoms with Crippen LogP contribution in [0.2, 0.25) is 0 Å². The number of nitrogens with one attached hydrogen (secondary N) is 4. The summed E-state index contributed by atoms with van der Waals surface area (Å²) in [6.07, 6.45) is 8.71. The third-order valence-electron chi connectivity index (χ3n) is 5.25. The normalized spacial score (nSPS) is 53.6. The molecule has 0 aromatic heterocycles. The van der Waals surface area contributed by atoms with E-state index in [0.29, 0.717) is 12.2 Å². The summed E-state index contributed by atoms with van der Waals surface area (Å²) in [7, 11) is 0. The molecule has 17 heavy (non-hydrogen) atoms. The van der Waals surface area contributed by atoms with Gasteiger partial charge in [-0.25, -0.2) is 0 Å². The van der Waals surface area contributed by atoms with Crippen LogP contribution in [-0.4, -0.2) is 42.9 Å². The van der Waals surface area contributed by atoms with Crippen molar-refractivity contribution in [3.05, 3.63) is 0 Å². The van der Waals surface area contributed by atoms with Gasteiger partial charge in [-0.15, -0.1) is 0 Å². The molecule has 4 rings (SSSR count). The topological polar surface area (TPSA) is 48.1 Å². The maximum Gasteiger partial charge on any atom is 0.0748 e. The SMILES string of the molecule is C1CC2NCC(C3NC4CCCC4N3)NC2C1. The highest BCUT2D eigenvalue weighted by Gasteiger charge is 2.42. The zero-order valence-electron chi connectivity index (χ0n) is 10.4. The van der Waals surface area contributed by atoms with Gasteiger partial charge in [0, 0.05) is 36.8 Å². The summed E-state index contributed by atoms with van der Waals surface area (Å²) < 4.78 is 0. The van der Waals surface area contributed by atoms with E-state index in [4.69, 9.17) is 0 Å². The second-order valence-corrected chi connectivity index (χ2v) is 6.28. The summed E-state index contributed by atoms with van der Waals surface area (Å²) in [6.45, 7) is 1.12. The summed E-state index contributed by atoms with van der Waals surface area (Å²) >= 11 is 0. The van der Waals surface area contributed by atoms with Gasteiger partial charge in [-0.1, -0.05) is 12.8 Å². The van der Waals surface area contributed by atoms with Gasteiger partial charge in [0.05, 0.1) is 6.17 Å². The lowest BCUT2D eigenvalue weighted by atomic mass is 10.0. The van der Waals surface area contributed by atoms with Crippen LogP contribution < -0.4 is 21.3 Å². The molecule has 4 N–H and O–H groups in total. The Morgan fingerprint density at radius 1 is 0.588 bits per heavy atom. The molecule has 5 unspecified atom stereocenters. The summed E-state index contributed by atoms with van der Waals surface area (Å²) in [6, 6.07) is 3.51. The van der Waals surface area contributed by atoms with Crippen LogP contribution in [0.4, 0.5) is 0 Å². The molecule has 2 saturated heterocycles. The second-order valence-electron chi connectivity index (χ2n) is 6.28. The second kappa shape index (κ2) is 4.19. The fourth-order valence-electron chi connectivity index (χ4n) is 4.33. The summed E-state index contributed by atoms with van der Waals surface area (Å²) in [5, 5.41) is 15.2. The van der Waals surface area contributed by atoms with Crippen molar-refractivity contribution in [1.29, 1.82) is 0 Å². The molecule has 0 aromatic carbocycles. The lowest BCUT2D eigenvalue weighted by molar-refractivity contribution is 0.241. The molecule has 2 aliphatic heterocycles. The number of fused-ring (bicyclic) bond motifs is 2. The molecule has 0 amide bonds. The third-order valence-corrected chi connectivity index (χ3v) is 5.25. The number of piperazine rings is 1. The first kappa shape index (κ1) is 10.7. The molecule has 0 spiro atoms. The van der Waals surface area contributed by atoms with E-state index in [1.165, 1.54) is 38.5 Å². The van der Waals surface area contributed by atoms with Crippen molar-refractivity contribution in [2.24, 2.45) is 0 Å². The molecule has 4 aliphatic rings. The molecule has 0 aromatic rings. The van der Waals surface area contributed by atoms with Crippen LogP contribution in [0.15, 0.2) is 0 Å². The molecule has 2 aliphatic carbocycles. The van der Waals surface area contributed by atoms with Crippen molar-refractivity contribution < 1.29 is 0 Å². The van der Waals surface area contributed by atoms with Crippen LogP contribution in [0.1, 0.15) is 38.5 Å². The Kier molecular flexibility index (Phi) is 2.65. The lowest BCUT2D eigenvalue weighted by Crippen LogP contribution is -2.66. The van der Waals surface area contributed by atoms with Gasteiger partial charge < -0.3 is 10.6 Å². The van der Waals surface area contributed by atoms with Crippen LogP contribution in [0, 0.1) is 0 Å². The van der Waals surface area contributed by atoms with Gasteiger partial charge >= 0.3 is 0 Å². The highest BCUT2D eigenvalue weighted by molar-refractivity contribution is 5.05. The molecule has 96 valence electrons. The molecular weight excluding hydrogens is 212 g/mol. The fraction of sp³-hybridized carbons (Fsp3) is 1.00.